The molecule has 1 aromatic heterocycles. The number of aromatic nitrogens is 3. The zero-order valence-electron chi connectivity index (χ0n) is 17.0. The highest BCUT2D eigenvalue weighted by atomic mass is 127. The normalized spacial score (nSPS) is 17.3. The smallest absolute Gasteiger partial charge is 0.194 e. The van der Waals surface area contributed by atoms with E-state index in [9.17, 15) is 0 Å². The maximum Gasteiger partial charge on any atom is 0.194 e. The van der Waals surface area contributed by atoms with Crippen LogP contribution in [0, 0.1) is 6.92 Å². The minimum atomic E-state index is 0. The molecule has 2 heterocycles. The molecule has 1 unspecified atom stereocenters. The molecular formula is C20H31IN6O. The molecule has 1 fully saturated rings. The molecule has 1 aromatic carbocycles. The lowest BCUT2D eigenvalue weighted by molar-refractivity contribution is -0.00833. The Morgan fingerprint density at radius 3 is 2.89 bits per heavy atom. The third-order valence-electron chi connectivity index (χ3n) is 4.85. The Balaban J connectivity index is 0.00000280. The van der Waals surface area contributed by atoms with Gasteiger partial charge in [0.1, 0.15) is 18.3 Å². The predicted molar refractivity (Wildman–Crippen MR) is 122 cm³/mol. The molecule has 0 bridgehead atoms. The summed E-state index contributed by atoms with van der Waals surface area (Å²) < 4.78 is 8.12. The van der Waals surface area contributed by atoms with Gasteiger partial charge >= 0.3 is 0 Å². The van der Waals surface area contributed by atoms with Gasteiger partial charge in [-0.15, -0.1) is 34.2 Å². The van der Waals surface area contributed by atoms with Gasteiger partial charge < -0.3 is 19.5 Å². The quantitative estimate of drug-likeness (QED) is 0.377. The molecule has 8 heteroatoms. The van der Waals surface area contributed by atoms with Crippen LogP contribution in [0.25, 0.3) is 0 Å². The van der Waals surface area contributed by atoms with E-state index in [1.165, 1.54) is 11.1 Å². The molecule has 0 radical (unpaired) electrons. The summed E-state index contributed by atoms with van der Waals surface area (Å²) in [6.07, 6.45) is 2.74. The van der Waals surface area contributed by atoms with Crippen LogP contribution in [-0.2, 0) is 17.7 Å². The molecule has 28 heavy (non-hydrogen) atoms. The van der Waals surface area contributed by atoms with Gasteiger partial charge in [-0.2, -0.15) is 0 Å². The zero-order valence-corrected chi connectivity index (χ0v) is 19.3. The number of benzene rings is 1. The highest BCUT2D eigenvalue weighted by molar-refractivity contribution is 14.0. The maximum absolute atomic E-state index is 6.05. The van der Waals surface area contributed by atoms with Crippen LogP contribution in [0.15, 0.2) is 35.6 Å². The lowest BCUT2D eigenvalue weighted by atomic mass is 10.0. The highest BCUT2D eigenvalue weighted by Crippen LogP contribution is 2.24. The third-order valence-corrected chi connectivity index (χ3v) is 4.85. The van der Waals surface area contributed by atoms with Crippen molar-refractivity contribution in [2.45, 2.75) is 39.8 Å². The Labute approximate surface area is 184 Å². The summed E-state index contributed by atoms with van der Waals surface area (Å²) in [6.45, 7) is 11.0. The van der Waals surface area contributed by atoms with E-state index in [-0.39, 0.29) is 30.1 Å². The van der Waals surface area contributed by atoms with E-state index in [0.717, 1.165) is 44.4 Å². The summed E-state index contributed by atoms with van der Waals surface area (Å²) in [4.78, 5) is 7.14. The number of nitrogens with one attached hydrogen (secondary N) is 1. The molecule has 0 saturated carbocycles. The van der Waals surface area contributed by atoms with Crippen molar-refractivity contribution in [3.8, 4) is 0 Å². The van der Waals surface area contributed by atoms with Gasteiger partial charge in [0.05, 0.1) is 19.7 Å². The summed E-state index contributed by atoms with van der Waals surface area (Å²) >= 11 is 0. The summed E-state index contributed by atoms with van der Waals surface area (Å²) in [5, 5.41) is 11.6. The van der Waals surface area contributed by atoms with Gasteiger partial charge in [-0.05, 0) is 25.0 Å². The second-order valence-electron chi connectivity index (χ2n) is 6.69. The lowest BCUT2D eigenvalue weighted by Crippen LogP contribution is -2.48. The SMILES string of the molecule is CCNC(=NCCn1cnnc1CC)N1CCOC(c2ccccc2C)C1.I. The molecule has 1 saturated heterocycles. The van der Waals surface area contributed by atoms with Crippen LogP contribution in [-0.4, -0.2) is 58.4 Å². The van der Waals surface area contributed by atoms with E-state index >= 15 is 0 Å². The topological polar surface area (TPSA) is 67.6 Å². The van der Waals surface area contributed by atoms with Gasteiger partial charge in [0.15, 0.2) is 5.96 Å². The standard InChI is InChI=1S/C20H30N6O.HI/c1-4-19-24-23-15-26(19)11-10-22-20(21-5-2)25-12-13-27-18(14-25)17-9-7-6-8-16(17)3;/h6-9,15,18H,4-5,10-14H2,1-3H3,(H,21,22);1H. The number of guanidine groups is 1. The number of aryl methyl sites for hydroxylation is 2. The molecule has 2 aromatic rings. The first-order chi connectivity index (χ1) is 13.2. The minimum absolute atomic E-state index is 0. The van der Waals surface area contributed by atoms with Crippen LogP contribution in [0.1, 0.15) is 36.9 Å². The molecule has 154 valence electrons. The highest BCUT2D eigenvalue weighted by Gasteiger charge is 2.25. The van der Waals surface area contributed by atoms with Crippen molar-refractivity contribution >= 4 is 29.9 Å². The molecule has 1 atom stereocenters. The first-order valence-electron chi connectivity index (χ1n) is 9.80. The Morgan fingerprint density at radius 1 is 1.32 bits per heavy atom. The first-order valence-corrected chi connectivity index (χ1v) is 9.80. The Bertz CT molecular complexity index is 763. The van der Waals surface area contributed by atoms with Crippen molar-refractivity contribution in [3.63, 3.8) is 0 Å². The van der Waals surface area contributed by atoms with Gasteiger partial charge in [0.25, 0.3) is 0 Å². The molecule has 0 spiro atoms. The Kier molecular flexibility index (Phi) is 9.17. The second-order valence-corrected chi connectivity index (χ2v) is 6.69. The van der Waals surface area contributed by atoms with E-state index in [4.69, 9.17) is 9.73 Å². The largest absolute Gasteiger partial charge is 0.370 e. The van der Waals surface area contributed by atoms with Crippen molar-refractivity contribution < 1.29 is 4.74 Å². The van der Waals surface area contributed by atoms with Crippen LogP contribution in [0.4, 0.5) is 0 Å². The average Bonchev–Trinajstić information content (AvgIpc) is 3.15. The van der Waals surface area contributed by atoms with Crippen molar-refractivity contribution in [1.29, 1.82) is 0 Å². The summed E-state index contributed by atoms with van der Waals surface area (Å²) in [5.41, 5.74) is 2.53. The second kappa shape index (κ2) is 11.4. The maximum atomic E-state index is 6.05. The summed E-state index contributed by atoms with van der Waals surface area (Å²) in [5.74, 6) is 1.95. The monoisotopic (exact) mass is 498 g/mol. The summed E-state index contributed by atoms with van der Waals surface area (Å²) in [6, 6.07) is 8.45. The number of halogens is 1. The van der Waals surface area contributed by atoms with Crippen molar-refractivity contribution in [3.05, 3.63) is 47.5 Å². The van der Waals surface area contributed by atoms with Crippen LogP contribution in [0.5, 0.6) is 0 Å². The van der Waals surface area contributed by atoms with Crippen LogP contribution < -0.4 is 5.32 Å². The minimum Gasteiger partial charge on any atom is -0.370 e. The van der Waals surface area contributed by atoms with Crippen molar-refractivity contribution in [2.24, 2.45) is 4.99 Å². The van der Waals surface area contributed by atoms with Crippen LogP contribution >= 0.6 is 24.0 Å². The van der Waals surface area contributed by atoms with E-state index in [2.05, 4.69) is 70.0 Å². The number of morpholine rings is 1. The van der Waals surface area contributed by atoms with E-state index < -0.39 is 0 Å². The lowest BCUT2D eigenvalue weighted by Gasteiger charge is -2.35. The molecule has 1 aliphatic heterocycles. The van der Waals surface area contributed by atoms with Gasteiger partial charge in [0.2, 0.25) is 0 Å². The first kappa shape index (κ1) is 22.6. The van der Waals surface area contributed by atoms with E-state index in [1.54, 1.807) is 6.33 Å². The van der Waals surface area contributed by atoms with Crippen LogP contribution in [0.3, 0.4) is 0 Å². The number of hydrogen-bond donors (Lipinski definition) is 1. The van der Waals surface area contributed by atoms with Crippen molar-refractivity contribution in [2.75, 3.05) is 32.8 Å². The van der Waals surface area contributed by atoms with E-state index in [0.29, 0.717) is 13.2 Å². The third kappa shape index (κ3) is 5.66. The van der Waals surface area contributed by atoms with Gasteiger partial charge in [-0.1, -0.05) is 31.2 Å². The van der Waals surface area contributed by atoms with Gasteiger partial charge in [-0.25, -0.2) is 0 Å². The molecule has 0 amide bonds. The fourth-order valence-electron chi connectivity index (χ4n) is 3.41. The Hall–Kier alpha value is -1.68. The number of nitrogens with zero attached hydrogens (tertiary/aromatic N) is 5. The zero-order chi connectivity index (χ0) is 19.1. The molecule has 3 rings (SSSR count). The van der Waals surface area contributed by atoms with Gasteiger partial charge in [-0.3, -0.25) is 4.99 Å². The molecular weight excluding hydrogens is 467 g/mol. The molecule has 1 N–H and O–H groups in total. The number of ether oxygens (including phenoxy) is 1. The number of hydrogen-bond acceptors (Lipinski definition) is 4. The van der Waals surface area contributed by atoms with Gasteiger partial charge in [0, 0.05) is 26.1 Å². The fraction of sp³-hybridized carbons (Fsp3) is 0.550. The molecule has 1 aliphatic rings. The number of rotatable bonds is 6. The van der Waals surface area contributed by atoms with Crippen LogP contribution in [0.2, 0.25) is 0 Å². The molecule has 7 nitrogen and oxygen atoms in total. The average molecular weight is 498 g/mol. The summed E-state index contributed by atoms with van der Waals surface area (Å²) in [7, 11) is 0. The van der Waals surface area contributed by atoms with E-state index in [1.807, 2.05) is 0 Å². The molecule has 0 aliphatic carbocycles. The Morgan fingerprint density at radius 2 is 2.14 bits per heavy atom. The predicted octanol–water partition coefficient (Wildman–Crippen LogP) is 2.81. The fourth-order valence-corrected chi connectivity index (χ4v) is 3.41. The van der Waals surface area contributed by atoms with Crippen molar-refractivity contribution in [1.82, 2.24) is 25.0 Å². The number of aliphatic imine (C=N–C) groups is 1.